The molecule has 3 aromatic carbocycles. The maximum Gasteiger partial charge on any atom is 0.469 e. The lowest BCUT2D eigenvalue weighted by atomic mass is 9.87. The van der Waals surface area contributed by atoms with E-state index in [0.717, 1.165) is 43.6 Å². The van der Waals surface area contributed by atoms with E-state index in [1.807, 2.05) is 49.4 Å². The van der Waals surface area contributed by atoms with E-state index < -0.39 is 43.2 Å². The third-order valence-corrected chi connectivity index (χ3v) is 11.5. The Morgan fingerprint density at radius 3 is 2.41 bits per heavy atom. The van der Waals surface area contributed by atoms with Crippen molar-refractivity contribution in [1.82, 2.24) is 29.1 Å². The molecule has 4 atom stereocenters. The van der Waals surface area contributed by atoms with Crippen molar-refractivity contribution >= 4 is 25.2 Å². The molecule has 2 fully saturated rings. The Morgan fingerprint density at radius 2 is 1.72 bits per heavy atom. The number of aromatic nitrogens is 6. The molecule has 17 nitrogen and oxygen atoms in total. The number of halogens is 2. The van der Waals surface area contributed by atoms with Gasteiger partial charge < -0.3 is 33.8 Å². The molecule has 2 N–H and O–H groups in total. The number of phosphoric acid groups is 1. The molecular weight excluding hydrogens is 817 g/mol. The van der Waals surface area contributed by atoms with Gasteiger partial charge in [0.25, 0.3) is 0 Å². The van der Waals surface area contributed by atoms with Crippen LogP contribution in [0.5, 0.6) is 5.75 Å². The van der Waals surface area contributed by atoms with E-state index in [0.29, 0.717) is 37.5 Å². The van der Waals surface area contributed by atoms with E-state index in [1.54, 1.807) is 17.9 Å². The minimum Gasteiger partial charge on any atom is -0.493 e. The summed E-state index contributed by atoms with van der Waals surface area (Å²) in [6.07, 6.45) is 4.57. The topological polar surface area (TPSA) is 189 Å². The van der Waals surface area contributed by atoms with Gasteiger partial charge in [-0.1, -0.05) is 19.1 Å². The van der Waals surface area contributed by atoms with Crippen LogP contribution in [-0.4, -0.2) is 97.0 Å². The number of benzene rings is 3. The predicted octanol–water partition coefficient (Wildman–Crippen LogP) is 5.01. The Bertz CT molecular complexity index is 2350. The van der Waals surface area contributed by atoms with Gasteiger partial charge in [-0.05, 0) is 68.7 Å². The van der Waals surface area contributed by atoms with E-state index in [2.05, 4.69) is 35.6 Å². The van der Waals surface area contributed by atoms with Crippen molar-refractivity contribution in [2.24, 2.45) is 5.92 Å². The van der Waals surface area contributed by atoms with Gasteiger partial charge in [-0.3, -0.25) is 9.32 Å². The summed E-state index contributed by atoms with van der Waals surface area (Å²) in [4.78, 5) is 52.0. The van der Waals surface area contributed by atoms with Crippen molar-refractivity contribution in [3.63, 3.8) is 0 Å². The fourth-order valence-electron chi connectivity index (χ4n) is 7.99. The summed E-state index contributed by atoms with van der Waals surface area (Å²) in [5.74, 6) is -1.25. The number of phosphoric ester groups is 1. The third kappa shape index (κ3) is 10.7. The number of rotatable bonds is 18. The average Bonchev–Trinajstić information content (AvgIpc) is 4.00. The summed E-state index contributed by atoms with van der Waals surface area (Å²) >= 11 is 0. The quantitative estimate of drug-likeness (QED) is 0.0679. The first kappa shape index (κ1) is 43.6. The molecule has 0 spiro atoms. The van der Waals surface area contributed by atoms with Gasteiger partial charge in [0.2, 0.25) is 0 Å². The highest BCUT2D eigenvalue weighted by Gasteiger charge is 2.45. The summed E-state index contributed by atoms with van der Waals surface area (Å²) in [5, 5.41) is 8.52. The molecule has 2 aromatic heterocycles. The van der Waals surface area contributed by atoms with Crippen LogP contribution >= 0.6 is 7.82 Å². The van der Waals surface area contributed by atoms with Crippen molar-refractivity contribution in [3.8, 4) is 11.4 Å². The van der Waals surface area contributed by atoms with Gasteiger partial charge in [0, 0.05) is 67.6 Å². The molecular formula is C41H49F2N8O9P. The van der Waals surface area contributed by atoms with Crippen LogP contribution in [0.15, 0.2) is 90.5 Å². The number of hydrogen-bond acceptors (Lipinski definition) is 12. The number of piperazine rings is 1. The van der Waals surface area contributed by atoms with Crippen LogP contribution < -0.4 is 20.2 Å². The molecule has 326 valence electrons. The van der Waals surface area contributed by atoms with Crippen molar-refractivity contribution in [3.05, 3.63) is 113 Å². The molecule has 0 amide bonds. The summed E-state index contributed by atoms with van der Waals surface area (Å²) < 4.78 is 66.5. The molecule has 20 heteroatoms. The summed E-state index contributed by atoms with van der Waals surface area (Å²) in [7, 11) is -4.61. The minimum atomic E-state index is -4.61. The molecule has 2 saturated heterocycles. The van der Waals surface area contributed by atoms with Crippen LogP contribution in [0.3, 0.4) is 0 Å². The molecule has 2 aliphatic heterocycles. The molecule has 0 saturated carbocycles. The highest BCUT2D eigenvalue weighted by Crippen LogP contribution is 2.42. The first-order chi connectivity index (χ1) is 29.3. The first-order valence-corrected chi connectivity index (χ1v) is 21.6. The maximum atomic E-state index is 15.1. The molecule has 0 unspecified atom stereocenters. The van der Waals surface area contributed by atoms with Gasteiger partial charge in [-0.25, -0.2) is 37.1 Å². The normalized spacial score (nSPS) is 19.2. The van der Waals surface area contributed by atoms with Crippen molar-refractivity contribution in [2.75, 3.05) is 55.8 Å². The van der Waals surface area contributed by atoms with Gasteiger partial charge >= 0.3 is 19.5 Å². The lowest BCUT2D eigenvalue weighted by Crippen LogP contribution is -2.46. The number of carbonyl (C=O) groups excluding carboxylic acids is 1. The minimum absolute atomic E-state index is 0.0546. The zero-order valence-corrected chi connectivity index (χ0v) is 34.7. The molecule has 4 heterocycles. The van der Waals surface area contributed by atoms with Crippen LogP contribution in [0, 0.1) is 17.6 Å². The van der Waals surface area contributed by atoms with Crippen LogP contribution in [0.25, 0.3) is 5.69 Å². The van der Waals surface area contributed by atoms with E-state index >= 15 is 4.39 Å². The van der Waals surface area contributed by atoms with Gasteiger partial charge in [-0.15, -0.1) is 0 Å². The van der Waals surface area contributed by atoms with Crippen molar-refractivity contribution in [2.45, 2.75) is 63.8 Å². The van der Waals surface area contributed by atoms with Gasteiger partial charge in [0.05, 0.1) is 38.1 Å². The number of nitrogens with zero attached hydrogens (tertiary/aromatic N) is 8. The van der Waals surface area contributed by atoms with Crippen LogP contribution in [0.4, 0.5) is 20.2 Å². The summed E-state index contributed by atoms with van der Waals surface area (Å²) in [6, 6.07) is 18.6. The number of ether oxygens (including phenoxy) is 3. The fourth-order valence-corrected chi connectivity index (χ4v) is 8.35. The smallest absolute Gasteiger partial charge is 0.469 e. The second-order valence-corrected chi connectivity index (χ2v) is 16.5. The molecule has 0 radical (unpaired) electrons. The second kappa shape index (κ2) is 19.1. The number of carbonyl (C=O) groups is 1. The molecule has 0 bridgehead atoms. The Kier molecular flexibility index (Phi) is 13.6. The van der Waals surface area contributed by atoms with Crippen LogP contribution in [0.2, 0.25) is 0 Å². The SMILES string of the molecule is CC[C@@H]([C@H](C)OC(=O)CCCOP(=O)(O)O)n1ncn(-c2ccc(N3CCN(c4cccc(OC[C@@H]5CO[C@@](Cn6cncn6)(c6ccc(F)cc6F)C5)c4)CC3)cc2)c1=O. The highest BCUT2D eigenvalue weighted by molar-refractivity contribution is 7.46. The van der Waals surface area contributed by atoms with E-state index in [9.17, 15) is 18.5 Å². The van der Waals surface area contributed by atoms with E-state index in [-0.39, 0.29) is 43.2 Å². The van der Waals surface area contributed by atoms with Gasteiger partial charge in [0.15, 0.2) is 0 Å². The highest BCUT2D eigenvalue weighted by atomic mass is 31.2. The van der Waals surface area contributed by atoms with E-state index in [4.69, 9.17) is 24.0 Å². The first-order valence-electron chi connectivity index (χ1n) is 20.1. The molecule has 61 heavy (non-hydrogen) atoms. The van der Waals surface area contributed by atoms with E-state index in [1.165, 1.54) is 34.0 Å². The Hall–Kier alpha value is -5.46. The largest absolute Gasteiger partial charge is 0.493 e. The lowest BCUT2D eigenvalue weighted by Gasteiger charge is -2.37. The molecule has 5 aromatic rings. The molecule has 0 aliphatic carbocycles. The standard InChI is InChI=1S/C41H49F2N8O9P/c1-3-38(29(2)60-39(52)8-5-19-59-61(54,55)56)51-40(53)50(28-46-51)33-12-10-32(11-13-33)47-15-17-48(18-16-47)34-6-4-7-35(21-34)57-23-30-22-41(58-24-30,25-49-27-44-26-45-49)36-14-9-31(42)20-37(36)43/h4,6-7,9-14,20-21,26-30,38H,3,5,8,15-19,22-25H2,1-2H3,(H2,54,55,56)/t29-,30+,38-,41-/m0/s1. The molecule has 7 rings (SSSR count). The van der Waals surface area contributed by atoms with Crippen LogP contribution in [0.1, 0.15) is 51.1 Å². The maximum absolute atomic E-state index is 15.1. The zero-order valence-electron chi connectivity index (χ0n) is 33.8. The van der Waals surface area contributed by atoms with Gasteiger partial charge in [0.1, 0.15) is 48.1 Å². The Morgan fingerprint density at radius 1 is 0.984 bits per heavy atom. The number of esters is 1. The molecule has 2 aliphatic rings. The number of hydrogen-bond donors (Lipinski definition) is 2. The second-order valence-electron chi connectivity index (χ2n) is 15.2. The third-order valence-electron chi connectivity index (χ3n) is 11.0. The predicted molar refractivity (Wildman–Crippen MR) is 218 cm³/mol. The summed E-state index contributed by atoms with van der Waals surface area (Å²) in [5.41, 5.74) is 1.51. The Labute approximate surface area is 350 Å². The lowest BCUT2D eigenvalue weighted by molar-refractivity contribution is -0.151. The monoisotopic (exact) mass is 866 g/mol. The van der Waals surface area contributed by atoms with Crippen molar-refractivity contribution in [1.29, 1.82) is 0 Å². The number of anilines is 2. The zero-order chi connectivity index (χ0) is 43.1. The summed E-state index contributed by atoms with van der Waals surface area (Å²) in [6.45, 7) is 7.20. The van der Waals surface area contributed by atoms with Crippen molar-refractivity contribution < 1.29 is 46.7 Å². The fraction of sp³-hybridized carbons (Fsp3) is 0.439. The van der Waals surface area contributed by atoms with Crippen LogP contribution in [-0.2, 0) is 35.5 Å². The Balaban J connectivity index is 0.908. The average molecular weight is 867 g/mol. The van der Waals surface area contributed by atoms with Gasteiger partial charge in [-0.2, -0.15) is 10.2 Å².